The first-order valence-corrected chi connectivity index (χ1v) is 6.50. The van der Waals surface area contributed by atoms with Crippen molar-refractivity contribution in [1.29, 1.82) is 0 Å². The van der Waals surface area contributed by atoms with Gasteiger partial charge < -0.3 is 24.7 Å². The fourth-order valence-electron chi connectivity index (χ4n) is 1.40. The van der Waals surface area contributed by atoms with E-state index in [0.717, 1.165) is 0 Å². The SMILES string of the molecule is CC(C)(CCOC=O)OCCC(C)(N)OCCOC=O. The summed E-state index contributed by atoms with van der Waals surface area (Å²) in [4.78, 5) is 20.0. The van der Waals surface area contributed by atoms with Crippen LogP contribution in [0.2, 0.25) is 0 Å². The predicted molar refractivity (Wildman–Crippen MR) is 71.8 cm³/mol. The van der Waals surface area contributed by atoms with Crippen molar-refractivity contribution >= 4 is 12.9 Å². The lowest BCUT2D eigenvalue weighted by Gasteiger charge is -2.29. The van der Waals surface area contributed by atoms with E-state index in [1.54, 1.807) is 6.92 Å². The first kappa shape index (κ1) is 18.8. The van der Waals surface area contributed by atoms with Gasteiger partial charge in [0.15, 0.2) is 0 Å². The molecule has 7 nitrogen and oxygen atoms in total. The number of ether oxygens (including phenoxy) is 4. The fourth-order valence-corrected chi connectivity index (χ4v) is 1.40. The third-order valence-corrected chi connectivity index (χ3v) is 2.68. The second kappa shape index (κ2) is 9.68. The molecule has 118 valence electrons. The molecule has 0 aliphatic carbocycles. The van der Waals surface area contributed by atoms with Crippen molar-refractivity contribution in [2.75, 3.05) is 26.4 Å². The zero-order valence-corrected chi connectivity index (χ0v) is 12.4. The van der Waals surface area contributed by atoms with Crippen LogP contribution in [-0.4, -0.2) is 50.7 Å². The summed E-state index contributed by atoms with van der Waals surface area (Å²) in [5, 5.41) is 0. The van der Waals surface area contributed by atoms with Crippen LogP contribution in [0.25, 0.3) is 0 Å². The molecule has 0 radical (unpaired) electrons. The lowest BCUT2D eigenvalue weighted by molar-refractivity contribution is -0.135. The average Bonchev–Trinajstić information content (AvgIpc) is 2.34. The molecule has 0 saturated carbocycles. The van der Waals surface area contributed by atoms with Crippen molar-refractivity contribution in [1.82, 2.24) is 0 Å². The molecule has 0 aromatic carbocycles. The van der Waals surface area contributed by atoms with Gasteiger partial charge in [0.2, 0.25) is 0 Å². The third-order valence-electron chi connectivity index (χ3n) is 2.68. The summed E-state index contributed by atoms with van der Waals surface area (Å²) < 4.78 is 20.2. The van der Waals surface area contributed by atoms with E-state index < -0.39 is 11.3 Å². The molecule has 0 aromatic heterocycles. The second-order valence-corrected chi connectivity index (χ2v) is 5.20. The maximum atomic E-state index is 10.1. The molecule has 0 bridgehead atoms. The largest absolute Gasteiger partial charge is 0.468 e. The van der Waals surface area contributed by atoms with E-state index in [1.807, 2.05) is 13.8 Å². The Bertz CT molecular complexity index is 280. The molecular formula is C13H25NO6. The van der Waals surface area contributed by atoms with Crippen LogP contribution in [0.15, 0.2) is 0 Å². The Hall–Kier alpha value is -1.18. The molecule has 0 heterocycles. The highest BCUT2D eigenvalue weighted by molar-refractivity contribution is 5.37. The molecule has 0 amide bonds. The van der Waals surface area contributed by atoms with Crippen molar-refractivity contribution in [2.24, 2.45) is 5.73 Å². The summed E-state index contributed by atoms with van der Waals surface area (Å²) in [6.07, 6.45) is 1.09. The standard InChI is InChI=1S/C13H25NO6/c1-12(2,4-6-17-10-15)19-7-5-13(3,14)20-9-8-18-11-16/h10-11H,4-9,14H2,1-3H3. The Balaban J connectivity index is 3.83. The Kier molecular flexibility index (Phi) is 9.11. The van der Waals surface area contributed by atoms with Gasteiger partial charge in [-0.25, -0.2) is 0 Å². The number of rotatable bonds is 13. The van der Waals surface area contributed by atoms with E-state index in [9.17, 15) is 9.59 Å². The Labute approximate surface area is 119 Å². The highest BCUT2D eigenvalue weighted by atomic mass is 16.6. The zero-order valence-electron chi connectivity index (χ0n) is 12.4. The van der Waals surface area contributed by atoms with Crippen molar-refractivity contribution in [3.8, 4) is 0 Å². The minimum Gasteiger partial charge on any atom is -0.468 e. The molecule has 0 aromatic rings. The van der Waals surface area contributed by atoms with E-state index in [2.05, 4.69) is 9.47 Å². The van der Waals surface area contributed by atoms with Crippen LogP contribution in [0.4, 0.5) is 0 Å². The molecule has 0 fully saturated rings. The second-order valence-electron chi connectivity index (χ2n) is 5.20. The molecule has 0 spiro atoms. The third kappa shape index (κ3) is 10.7. The van der Waals surface area contributed by atoms with Crippen LogP contribution in [-0.2, 0) is 28.5 Å². The van der Waals surface area contributed by atoms with Crippen LogP contribution < -0.4 is 5.73 Å². The Morgan fingerprint density at radius 3 is 2.05 bits per heavy atom. The van der Waals surface area contributed by atoms with Crippen molar-refractivity contribution in [3.05, 3.63) is 0 Å². The van der Waals surface area contributed by atoms with Crippen LogP contribution >= 0.6 is 0 Å². The quantitative estimate of drug-likeness (QED) is 0.301. The molecule has 20 heavy (non-hydrogen) atoms. The molecule has 0 aliphatic heterocycles. The van der Waals surface area contributed by atoms with Crippen molar-refractivity contribution < 1.29 is 28.5 Å². The van der Waals surface area contributed by atoms with Gasteiger partial charge in [-0.3, -0.25) is 9.59 Å². The van der Waals surface area contributed by atoms with E-state index in [-0.39, 0.29) is 13.2 Å². The number of hydrogen-bond donors (Lipinski definition) is 1. The maximum Gasteiger partial charge on any atom is 0.293 e. The minimum absolute atomic E-state index is 0.172. The van der Waals surface area contributed by atoms with Gasteiger partial charge >= 0.3 is 0 Å². The predicted octanol–water partition coefficient (Wildman–Crippen LogP) is 0.599. The lowest BCUT2D eigenvalue weighted by Crippen LogP contribution is -2.42. The van der Waals surface area contributed by atoms with Crippen molar-refractivity contribution in [2.45, 2.75) is 44.9 Å². The van der Waals surface area contributed by atoms with Gasteiger partial charge in [0.05, 0.1) is 25.4 Å². The molecule has 0 saturated heterocycles. The minimum atomic E-state index is -0.846. The van der Waals surface area contributed by atoms with E-state index >= 15 is 0 Å². The zero-order chi connectivity index (χ0) is 15.5. The average molecular weight is 291 g/mol. The van der Waals surface area contributed by atoms with Gasteiger partial charge in [-0.15, -0.1) is 0 Å². The van der Waals surface area contributed by atoms with Crippen LogP contribution in [0.3, 0.4) is 0 Å². The molecular weight excluding hydrogens is 266 g/mol. The summed E-state index contributed by atoms with van der Waals surface area (Å²) >= 11 is 0. The summed E-state index contributed by atoms with van der Waals surface area (Å²) in [7, 11) is 0. The van der Waals surface area contributed by atoms with Crippen molar-refractivity contribution in [3.63, 3.8) is 0 Å². The van der Waals surface area contributed by atoms with Crippen LogP contribution in [0.1, 0.15) is 33.6 Å². The molecule has 0 aliphatic rings. The van der Waals surface area contributed by atoms with Gasteiger partial charge in [-0.05, 0) is 20.8 Å². The molecule has 0 rings (SSSR count). The van der Waals surface area contributed by atoms with E-state index in [4.69, 9.17) is 15.2 Å². The maximum absolute atomic E-state index is 10.1. The van der Waals surface area contributed by atoms with Gasteiger partial charge in [0.25, 0.3) is 12.9 Å². The van der Waals surface area contributed by atoms with E-state index in [1.165, 1.54) is 0 Å². The summed E-state index contributed by atoms with van der Waals surface area (Å²) in [6.45, 7) is 7.48. The fraction of sp³-hybridized carbons (Fsp3) is 0.846. The monoisotopic (exact) mass is 291 g/mol. The molecule has 1 unspecified atom stereocenters. The topological polar surface area (TPSA) is 97.1 Å². The van der Waals surface area contributed by atoms with Gasteiger partial charge in [0.1, 0.15) is 12.3 Å². The number of hydrogen-bond acceptors (Lipinski definition) is 7. The van der Waals surface area contributed by atoms with Gasteiger partial charge in [-0.2, -0.15) is 0 Å². The number of carbonyl (C=O) groups excluding carboxylic acids is 2. The Morgan fingerprint density at radius 2 is 1.45 bits per heavy atom. The summed E-state index contributed by atoms with van der Waals surface area (Å²) in [5.41, 5.74) is 4.68. The lowest BCUT2D eigenvalue weighted by atomic mass is 10.1. The first-order chi connectivity index (χ1) is 9.33. The number of nitrogens with two attached hydrogens (primary N) is 1. The molecule has 1 atom stereocenters. The van der Waals surface area contributed by atoms with Gasteiger partial charge in [0, 0.05) is 12.8 Å². The first-order valence-electron chi connectivity index (χ1n) is 6.50. The molecule has 2 N–H and O–H groups in total. The highest BCUT2D eigenvalue weighted by Gasteiger charge is 2.23. The van der Waals surface area contributed by atoms with Crippen LogP contribution in [0.5, 0.6) is 0 Å². The smallest absolute Gasteiger partial charge is 0.293 e. The number of carbonyl (C=O) groups is 2. The van der Waals surface area contributed by atoms with E-state index in [0.29, 0.717) is 39.0 Å². The highest BCUT2D eigenvalue weighted by Crippen LogP contribution is 2.17. The van der Waals surface area contributed by atoms with Gasteiger partial charge in [-0.1, -0.05) is 0 Å². The Morgan fingerprint density at radius 1 is 0.850 bits per heavy atom. The summed E-state index contributed by atoms with van der Waals surface area (Å²) in [6, 6.07) is 0. The molecule has 7 heteroatoms. The normalized spacial score (nSPS) is 14.4. The summed E-state index contributed by atoms with van der Waals surface area (Å²) in [5.74, 6) is 0. The van der Waals surface area contributed by atoms with Crippen LogP contribution in [0, 0.1) is 0 Å².